The Balaban J connectivity index is 1.38. The van der Waals surface area contributed by atoms with Crippen LogP contribution in [0.15, 0.2) is 53.1 Å². The van der Waals surface area contributed by atoms with Gasteiger partial charge in [0, 0.05) is 31.4 Å². The van der Waals surface area contributed by atoms with E-state index in [2.05, 4.69) is 15.2 Å². The lowest BCUT2D eigenvalue weighted by molar-refractivity contribution is 0.0698. The van der Waals surface area contributed by atoms with Crippen molar-refractivity contribution in [2.75, 3.05) is 20.2 Å². The largest absolute Gasteiger partial charge is 0.496 e. The van der Waals surface area contributed by atoms with E-state index in [1.54, 1.807) is 11.8 Å². The molecule has 1 amide bonds. The molecule has 3 heterocycles. The number of piperidine rings is 1. The van der Waals surface area contributed by atoms with E-state index in [0.717, 1.165) is 29.3 Å². The molecule has 0 unspecified atom stereocenters. The molecule has 31 heavy (non-hydrogen) atoms. The number of carbonyl (C=O) groups is 1. The van der Waals surface area contributed by atoms with Gasteiger partial charge in [0.05, 0.1) is 18.2 Å². The minimum Gasteiger partial charge on any atom is -0.496 e. The van der Waals surface area contributed by atoms with Crippen LogP contribution in [-0.2, 0) is 7.05 Å². The van der Waals surface area contributed by atoms with E-state index in [1.165, 1.54) is 0 Å². The maximum atomic E-state index is 13.3. The average molecular weight is 417 g/mol. The fourth-order valence-corrected chi connectivity index (χ4v) is 4.23. The maximum Gasteiger partial charge on any atom is 0.275 e. The van der Waals surface area contributed by atoms with E-state index >= 15 is 0 Å². The van der Waals surface area contributed by atoms with Gasteiger partial charge in [-0.2, -0.15) is 10.1 Å². The van der Waals surface area contributed by atoms with Crippen LogP contribution in [0.2, 0.25) is 0 Å². The van der Waals surface area contributed by atoms with E-state index in [1.807, 2.05) is 60.5 Å². The summed E-state index contributed by atoms with van der Waals surface area (Å²) in [5, 5.41) is 9.57. The topological polar surface area (TPSA) is 86.3 Å². The van der Waals surface area contributed by atoms with Crippen LogP contribution in [0.3, 0.4) is 0 Å². The maximum absolute atomic E-state index is 13.3. The van der Waals surface area contributed by atoms with Crippen LogP contribution in [0.5, 0.6) is 5.75 Å². The van der Waals surface area contributed by atoms with Crippen LogP contribution in [0.4, 0.5) is 0 Å². The van der Waals surface area contributed by atoms with Crippen molar-refractivity contribution in [3.63, 3.8) is 0 Å². The Morgan fingerprint density at radius 2 is 1.97 bits per heavy atom. The minimum atomic E-state index is -0.0602. The molecule has 2 aromatic heterocycles. The standard InChI is InChI=1S/C23H23N5O3/c1-27-18-11-5-3-9-16(18)20(25-27)23(29)28-13-7-8-15(14-28)21-24-22(31-26-21)17-10-4-6-12-19(17)30-2/h3-6,9-12,15H,7-8,13-14H2,1-2H3/t15-/m0/s1. The van der Waals surface area contributed by atoms with Crippen molar-refractivity contribution in [1.82, 2.24) is 24.8 Å². The number of hydrogen-bond acceptors (Lipinski definition) is 6. The van der Waals surface area contributed by atoms with Crippen LogP contribution >= 0.6 is 0 Å². The number of amides is 1. The number of ether oxygens (including phenoxy) is 1. The second kappa shape index (κ2) is 7.86. The first-order valence-electron chi connectivity index (χ1n) is 10.3. The van der Waals surface area contributed by atoms with Gasteiger partial charge in [0.2, 0.25) is 0 Å². The number of para-hydroxylation sites is 2. The fourth-order valence-electron chi connectivity index (χ4n) is 4.23. The molecule has 4 aromatic rings. The Morgan fingerprint density at radius 3 is 2.84 bits per heavy atom. The number of likely N-dealkylation sites (tertiary alicyclic amines) is 1. The summed E-state index contributed by atoms with van der Waals surface area (Å²) in [6.07, 6.45) is 1.78. The van der Waals surface area contributed by atoms with Crippen LogP contribution < -0.4 is 4.74 Å². The third kappa shape index (κ3) is 3.43. The molecule has 1 aliphatic heterocycles. The molecule has 158 valence electrons. The van der Waals surface area contributed by atoms with Crippen LogP contribution in [0, 0.1) is 0 Å². The average Bonchev–Trinajstić information content (AvgIpc) is 3.44. The van der Waals surface area contributed by atoms with E-state index in [0.29, 0.717) is 36.2 Å². The van der Waals surface area contributed by atoms with Gasteiger partial charge in [-0.1, -0.05) is 35.5 Å². The van der Waals surface area contributed by atoms with E-state index in [4.69, 9.17) is 9.26 Å². The molecule has 0 spiro atoms. The van der Waals surface area contributed by atoms with Gasteiger partial charge in [-0.15, -0.1) is 0 Å². The Hall–Kier alpha value is -3.68. The van der Waals surface area contributed by atoms with Crippen molar-refractivity contribution < 1.29 is 14.1 Å². The number of nitrogens with zero attached hydrogens (tertiary/aromatic N) is 5. The quantitative estimate of drug-likeness (QED) is 0.504. The zero-order valence-corrected chi connectivity index (χ0v) is 17.5. The van der Waals surface area contributed by atoms with Gasteiger partial charge in [0.25, 0.3) is 11.8 Å². The van der Waals surface area contributed by atoms with Gasteiger partial charge < -0.3 is 14.2 Å². The zero-order chi connectivity index (χ0) is 21.4. The first kappa shape index (κ1) is 19.3. The number of benzene rings is 2. The highest BCUT2D eigenvalue weighted by Crippen LogP contribution is 2.32. The number of carbonyl (C=O) groups excluding carboxylic acids is 1. The van der Waals surface area contributed by atoms with Gasteiger partial charge in [-0.05, 0) is 31.0 Å². The van der Waals surface area contributed by atoms with Gasteiger partial charge >= 0.3 is 0 Å². The monoisotopic (exact) mass is 417 g/mol. The van der Waals surface area contributed by atoms with Crippen LogP contribution in [0.1, 0.15) is 35.1 Å². The summed E-state index contributed by atoms with van der Waals surface area (Å²) in [7, 11) is 3.47. The lowest BCUT2D eigenvalue weighted by Gasteiger charge is -2.30. The molecule has 2 aromatic carbocycles. The van der Waals surface area contributed by atoms with E-state index < -0.39 is 0 Å². The molecule has 1 saturated heterocycles. The Kier molecular flexibility index (Phi) is 4.89. The zero-order valence-electron chi connectivity index (χ0n) is 17.5. The summed E-state index contributed by atoms with van der Waals surface area (Å²) in [6.45, 7) is 1.23. The molecule has 1 aliphatic rings. The van der Waals surface area contributed by atoms with Gasteiger partial charge in [-0.25, -0.2) is 0 Å². The smallest absolute Gasteiger partial charge is 0.275 e. The highest BCUT2D eigenvalue weighted by molar-refractivity contribution is 6.04. The van der Waals surface area contributed by atoms with E-state index in [-0.39, 0.29) is 11.8 Å². The predicted molar refractivity (Wildman–Crippen MR) is 115 cm³/mol. The summed E-state index contributed by atoms with van der Waals surface area (Å²) in [5.74, 6) is 1.67. The highest BCUT2D eigenvalue weighted by Gasteiger charge is 2.31. The predicted octanol–water partition coefficient (Wildman–Crippen LogP) is 3.65. The summed E-state index contributed by atoms with van der Waals surface area (Å²) >= 11 is 0. The number of hydrogen-bond donors (Lipinski definition) is 0. The third-order valence-electron chi connectivity index (χ3n) is 5.81. The number of methoxy groups -OCH3 is 1. The lowest BCUT2D eigenvalue weighted by atomic mass is 9.97. The molecule has 0 aliphatic carbocycles. The number of aromatic nitrogens is 4. The van der Waals surface area contributed by atoms with E-state index in [9.17, 15) is 4.79 Å². The molecule has 8 nitrogen and oxygen atoms in total. The molecule has 8 heteroatoms. The lowest BCUT2D eigenvalue weighted by Crippen LogP contribution is -2.39. The van der Waals surface area contributed by atoms with Crippen molar-refractivity contribution >= 4 is 16.8 Å². The van der Waals surface area contributed by atoms with Gasteiger partial charge in [0.1, 0.15) is 5.75 Å². The summed E-state index contributed by atoms with van der Waals surface area (Å²) in [4.78, 5) is 19.8. The van der Waals surface area contributed by atoms with Gasteiger partial charge in [-0.3, -0.25) is 9.48 Å². The van der Waals surface area contributed by atoms with Crippen molar-refractivity contribution in [2.24, 2.45) is 7.05 Å². The number of rotatable bonds is 4. The number of fused-ring (bicyclic) bond motifs is 1. The molecule has 0 saturated carbocycles. The Morgan fingerprint density at radius 1 is 1.16 bits per heavy atom. The van der Waals surface area contributed by atoms with Crippen molar-refractivity contribution in [3.05, 3.63) is 60.0 Å². The molecule has 0 radical (unpaired) electrons. The first-order valence-corrected chi connectivity index (χ1v) is 10.3. The molecule has 1 atom stereocenters. The molecule has 5 rings (SSSR count). The molecule has 0 bridgehead atoms. The van der Waals surface area contributed by atoms with Crippen molar-refractivity contribution in [2.45, 2.75) is 18.8 Å². The van der Waals surface area contributed by atoms with Crippen molar-refractivity contribution in [1.29, 1.82) is 0 Å². The second-order valence-electron chi connectivity index (χ2n) is 7.74. The Bertz CT molecular complexity index is 1240. The SMILES string of the molecule is COc1ccccc1-c1nc([C@H]2CCCN(C(=O)c3nn(C)c4ccccc34)C2)no1. The Labute approximate surface area is 179 Å². The normalized spacial score (nSPS) is 16.6. The summed E-state index contributed by atoms with van der Waals surface area (Å²) in [5.41, 5.74) is 2.19. The molecular formula is C23H23N5O3. The molecule has 1 fully saturated rings. The third-order valence-corrected chi connectivity index (χ3v) is 5.81. The number of aryl methyl sites for hydroxylation is 1. The summed E-state index contributed by atoms with van der Waals surface area (Å²) in [6, 6.07) is 15.3. The minimum absolute atomic E-state index is 0.0138. The van der Waals surface area contributed by atoms with Gasteiger partial charge in [0.15, 0.2) is 11.5 Å². The molecular weight excluding hydrogens is 394 g/mol. The highest BCUT2D eigenvalue weighted by atomic mass is 16.5. The van der Waals surface area contributed by atoms with Crippen molar-refractivity contribution in [3.8, 4) is 17.2 Å². The summed E-state index contributed by atoms with van der Waals surface area (Å²) < 4.78 is 12.7. The van der Waals surface area contributed by atoms with Crippen LogP contribution in [0.25, 0.3) is 22.4 Å². The molecule has 0 N–H and O–H groups in total. The first-order chi connectivity index (χ1) is 15.2. The fraction of sp³-hybridized carbons (Fsp3) is 0.304. The second-order valence-corrected chi connectivity index (χ2v) is 7.74. The van der Waals surface area contributed by atoms with Crippen LogP contribution in [-0.4, -0.2) is 50.9 Å².